The van der Waals surface area contributed by atoms with Crippen LogP contribution < -0.4 is 5.32 Å². The highest BCUT2D eigenvalue weighted by atomic mass is 16.5. The summed E-state index contributed by atoms with van der Waals surface area (Å²) in [5, 5.41) is 3.70. The SMILES string of the molecule is COCc1cccc(NC2C3CCOC3C2(C)C)c1. The standard InChI is InChI=1S/C16H23NO2/c1-16(2)14(13-7-8-19-15(13)16)17-12-6-4-5-11(9-12)10-18-3/h4-6,9,13-15,17H,7-8,10H2,1-3H3. The van der Waals surface area contributed by atoms with Crippen LogP contribution >= 0.6 is 0 Å². The van der Waals surface area contributed by atoms with Gasteiger partial charge in [0.1, 0.15) is 0 Å². The Morgan fingerprint density at radius 1 is 1.42 bits per heavy atom. The quantitative estimate of drug-likeness (QED) is 0.903. The van der Waals surface area contributed by atoms with E-state index in [1.807, 2.05) is 0 Å². The number of hydrogen-bond donors (Lipinski definition) is 1. The average molecular weight is 261 g/mol. The van der Waals surface area contributed by atoms with Crippen LogP contribution in [0.5, 0.6) is 0 Å². The zero-order valence-electron chi connectivity index (χ0n) is 12.0. The van der Waals surface area contributed by atoms with Crippen LogP contribution in [0.2, 0.25) is 0 Å². The molecule has 0 radical (unpaired) electrons. The van der Waals surface area contributed by atoms with Crippen LogP contribution in [0.15, 0.2) is 24.3 Å². The first-order valence-electron chi connectivity index (χ1n) is 7.09. The van der Waals surface area contributed by atoms with Crippen LogP contribution in [0.3, 0.4) is 0 Å². The normalized spacial score (nSPS) is 31.6. The highest BCUT2D eigenvalue weighted by Gasteiger charge is 2.59. The fourth-order valence-electron chi connectivity index (χ4n) is 3.71. The lowest BCUT2D eigenvalue weighted by atomic mass is 9.57. The molecule has 1 N–H and O–H groups in total. The number of hydrogen-bond acceptors (Lipinski definition) is 3. The highest BCUT2D eigenvalue weighted by molar-refractivity contribution is 5.48. The summed E-state index contributed by atoms with van der Waals surface area (Å²) >= 11 is 0. The molecule has 2 aliphatic rings. The van der Waals surface area contributed by atoms with Gasteiger partial charge in [-0.3, -0.25) is 0 Å². The number of nitrogens with one attached hydrogen (secondary N) is 1. The molecule has 1 saturated carbocycles. The molecule has 104 valence electrons. The molecule has 0 bridgehead atoms. The molecule has 19 heavy (non-hydrogen) atoms. The maximum Gasteiger partial charge on any atom is 0.0713 e. The van der Waals surface area contributed by atoms with Gasteiger partial charge in [-0.05, 0) is 24.1 Å². The van der Waals surface area contributed by atoms with Gasteiger partial charge in [-0.25, -0.2) is 0 Å². The van der Waals surface area contributed by atoms with Gasteiger partial charge in [-0.1, -0.05) is 26.0 Å². The van der Waals surface area contributed by atoms with Gasteiger partial charge >= 0.3 is 0 Å². The summed E-state index contributed by atoms with van der Waals surface area (Å²) in [5.74, 6) is 0.668. The van der Waals surface area contributed by atoms with Gasteiger partial charge in [0.15, 0.2) is 0 Å². The molecule has 3 heteroatoms. The van der Waals surface area contributed by atoms with Gasteiger partial charge in [0.25, 0.3) is 0 Å². The molecule has 3 rings (SSSR count). The molecule has 2 fully saturated rings. The van der Waals surface area contributed by atoms with Gasteiger partial charge in [-0.15, -0.1) is 0 Å². The fourth-order valence-corrected chi connectivity index (χ4v) is 3.71. The largest absolute Gasteiger partial charge is 0.381 e. The summed E-state index contributed by atoms with van der Waals surface area (Å²) in [5.41, 5.74) is 2.63. The summed E-state index contributed by atoms with van der Waals surface area (Å²) < 4.78 is 11.0. The van der Waals surface area contributed by atoms with Crippen molar-refractivity contribution in [3.05, 3.63) is 29.8 Å². The monoisotopic (exact) mass is 261 g/mol. The smallest absolute Gasteiger partial charge is 0.0713 e. The van der Waals surface area contributed by atoms with E-state index in [0.29, 0.717) is 24.7 Å². The molecular weight excluding hydrogens is 238 g/mol. The van der Waals surface area contributed by atoms with Gasteiger partial charge < -0.3 is 14.8 Å². The van der Waals surface area contributed by atoms with Gasteiger partial charge in [0.2, 0.25) is 0 Å². The minimum Gasteiger partial charge on any atom is -0.381 e. The van der Waals surface area contributed by atoms with E-state index in [9.17, 15) is 0 Å². The Kier molecular flexibility index (Phi) is 3.27. The summed E-state index contributed by atoms with van der Waals surface area (Å²) in [6.45, 7) is 6.19. The van der Waals surface area contributed by atoms with Crippen LogP contribution in [0.1, 0.15) is 25.8 Å². The van der Waals surface area contributed by atoms with E-state index in [0.717, 1.165) is 6.61 Å². The summed E-state index contributed by atoms with van der Waals surface area (Å²) in [6.07, 6.45) is 1.62. The first kappa shape index (κ1) is 12.9. The second-order valence-corrected chi connectivity index (χ2v) is 6.32. The first-order chi connectivity index (χ1) is 9.13. The van der Waals surface area contributed by atoms with E-state index >= 15 is 0 Å². The van der Waals surface area contributed by atoms with Crippen LogP contribution in [0.4, 0.5) is 5.69 Å². The molecule has 1 saturated heterocycles. The highest BCUT2D eigenvalue weighted by Crippen LogP contribution is 2.53. The van der Waals surface area contributed by atoms with Gasteiger partial charge in [0, 0.05) is 36.8 Å². The van der Waals surface area contributed by atoms with Crippen molar-refractivity contribution >= 4 is 5.69 Å². The Balaban J connectivity index is 1.73. The van der Waals surface area contributed by atoms with E-state index in [2.05, 4.69) is 43.4 Å². The third-order valence-electron chi connectivity index (χ3n) is 4.66. The number of rotatable bonds is 4. The number of methoxy groups -OCH3 is 1. The molecule has 1 aromatic rings. The second-order valence-electron chi connectivity index (χ2n) is 6.32. The van der Waals surface area contributed by atoms with Crippen molar-refractivity contribution in [2.75, 3.05) is 19.0 Å². The van der Waals surface area contributed by atoms with Gasteiger partial charge in [0.05, 0.1) is 12.7 Å². The minimum absolute atomic E-state index is 0.221. The molecular formula is C16H23NO2. The van der Waals surface area contributed by atoms with Crippen molar-refractivity contribution in [2.45, 2.75) is 39.0 Å². The lowest BCUT2D eigenvalue weighted by Crippen LogP contribution is -2.63. The lowest BCUT2D eigenvalue weighted by molar-refractivity contribution is -0.0923. The van der Waals surface area contributed by atoms with Crippen molar-refractivity contribution in [1.29, 1.82) is 0 Å². The van der Waals surface area contributed by atoms with Crippen molar-refractivity contribution in [3.8, 4) is 0 Å². The topological polar surface area (TPSA) is 30.5 Å². The van der Waals surface area contributed by atoms with E-state index < -0.39 is 0 Å². The second kappa shape index (κ2) is 4.80. The molecule has 3 nitrogen and oxygen atoms in total. The van der Waals surface area contributed by atoms with Crippen molar-refractivity contribution < 1.29 is 9.47 Å². The lowest BCUT2D eigenvalue weighted by Gasteiger charge is -2.55. The molecule has 0 aromatic heterocycles. The zero-order valence-corrected chi connectivity index (χ0v) is 12.0. The minimum atomic E-state index is 0.221. The number of anilines is 1. The summed E-state index contributed by atoms with van der Waals surface area (Å²) in [7, 11) is 1.73. The maximum atomic E-state index is 5.84. The number of fused-ring (bicyclic) bond motifs is 1. The fraction of sp³-hybridized carbons (Fsp3) is 0.625. The molecule has 0 amide bonds. The van der Waals surface area contributed by atoms with E-state index in [1.165, 1.54) is 17.7 Å². The van der Waals surface area contributed by atoms with Gasteiger partial charge in [-0.2, -0.15) is 0 Å². The molecule has 1 aliphatic heterocycles. The third-order valence-corrected chi connectivity index (χ3v) is 4.66. The number of benzene rings is 1. The van der Waals surface area contributed by atoms with Crippen LogP contribution in [0, 0.1) is 11.3 Å². The molecule has 1 aromatic carbocycles. The zero-order chi connectivity index (χ0) is 13.5. The molecule has 3 atom stereocenters. The maximum absolute atomic E-state index is 5.84. The number of ether oxygens (including phenoxy) is 2. The Hall–Kier alpha value is -1.06. The first-order valence-corrected chi connectivity index (χ1v) is 7.09. The summed E-state index contributed by atoms with van der Waals surface area (Å²) in [6, 6.07) is 9.02. The Labute approximate surface area is 115 Å². The molecule has 0 spiro atoms. The summed E-state index contributed by atoms with van der Waals surface area (Å²) in [4.78, 5) is 0. The Bertz CT molecular complexity index is 458. The molecule has 3 unspecified atom stereocenters. The predicted octanol–water partition coefficient (Wildman–Crippen LogP) is 3.06. The van der Waals surface area contributed by atoms with E-state index in [1.54, 1.807) is 7.11 Å². The van der Waals surface area contributed by atoms with Crippen LogP contribution in [-0.4, -0.2) is 25.9 Å². The van der Waals surface area contributed by atoms with E-state index in [4.69, 9.17) is 9.47 Å². The van der Waals surface area contributed by atoms with Crippen LogP contribution in [-0.2, 0) is 16.1 Å². The van der Waals surface area contributed by atoms with Crippen molar-refractivity contribution in [2.24, 2.45) is 11.3 Å². The van der Waals surface area contributed by atoms with Crippen molar-refractivity contribution in [3.63, 3.8) is 0 Å². The van der Waals surface area contributed by atoms with E-state index in [-0.39, 0.29) is 5.41 Å². The Morgan fingerprint density at radius 3 is 3.05 bits per heavy atom. The average Bonchev–Trinajstić information content (AvgIpc) is 2.84. The third kappa shape index (κ3) is 2.15. The Morgan fingerprint density at radius 2 is 2.26 bits per heavy atom. The van der Waals surface area contributed by atoms with Crippen molar-refractivity contribution in [1.82, 2.24) is 0 Å². The molecule has 1 heterocycles. The molecule has 1 aliphatic carbocycles. The van der Waals surface area contributed by atoms with Crippen LogP contribution in [0.25, 0.3) is 0 Å². The predicted molar refractivity (Wildman–Crippen MR) is 76.2 cm³/mol.